The molecule has 76 valence electrons. The summed E-state index contributed by atoms with van der Waals surface area (Å²) in [6.45, 7) is 8.08. The van der Waals surface area contributed by atoms with Gasteiger partial charge in [0.05, 0.1) is 0 Å². The Morgan fingerprint density at radius 1 is 1.62 bits per heavy atom. The average Bonchev–Trinajstić information content (AvgIpc) is 2.14. The molecular formula is C10H18O3. The molecule has 1 unspecified atom stereocenters. The second-order valence-electron chi connectivity index (χ2n) is 2.79. The molecule has 0 saturated carbocycles. The van der Waals surface area contributed by atoms with Crippen molar-refractivity contribution in [1.82, 2.24) is 0 Å². The molecule has 0 radical (unpaired) electrons. The van der Waals surface area contributed by atoms with Gasteiger partial charge in [-0.05, 0) is 13.3 Å². The predicted octanol–water partition coefficient (Wildman–Crippen LogP) is 1.92. The van der Waals surface area contributed by atoms with Crippen LogP contribution in [0.1, 0.15) is 26.7 Å². The lowest BCUT2D eigenvalue weighted by atomic mass is 10.3. The fourth-order valence-corrected chi connectivity index (χ4v) is 0.731. The van der Waals surface area contributed by atoms with Crippen molar-refractivity contribution >= 4 is 5.97 Å². The van der Waals surface area contributed by atoms with Crippen molar-refractivity contribution in [2.24, 2.45) is 0 Å². The Labute approximate surface area is 79.7 Å². The number of carbonyl (C=O) groups is 1. The molecular weight excluding hydrogens is 168 g/mol. The summed E-state index contributed by atoms with van der Waals surface area (Å²) in [5, 5.41) is 0. The molecule has 0 aliphatic carbocycles. The second kappa shape index (κ2) is 7.80. The van der Waals surface area contributed by atoms with Gasteiger partial charge in [-0.15, -0.1) is 0 Å². The maximum atomic E-state index is 11.1. The minimum absolute atomic E-state index is 0.250. The average molecular weight is 186 g/mol. The van der Waals surface area contributed by atoms with E-state index in [2.05, 4.69) is 13.5 Å². The summed E-state index contributed by atoms with van der Waals surface area (Å²) >= 11 is 0. The number of ether oxygens (including phenoxy) is 2. The highest BCUT2D eigenvalue weighted by Crippen LogP contribution is 1.97. The molecule has 0 heterocycles. The van der Waals surface area contributed by atoms with Gasteiger partial charge in [-0.1, -0.05) is 26.0 Å². The van der Waals surface area contributed by atoms with Gasteiger partial charge in [0, 0.05) is 6.61 Å². The first-order chi connectivity index (χ1) is 6.22. The minimum atomic E-state index is -0.466. The molecule has 13 heavy (non-hydrogen) atoms. The Morgan fingerprint density at radius 3 is 2.85 bits per heavy atom. The highest BCUT2D eigenvalue weighted by atomic mass is 16.6. The van der Waals surface area contributed by atoms with Crippen molar-refractivity contribution < 1.29 is 14.3 Å². The van der Waals surface area contributed by atoms with Crippen LogP contribution in [0.4, 0.5) is 0 Å². The highest BCUT2D eigenvalue weighted by Gasteiger charge is 2.13. The summed E-state index contributed by atoms with van der Waals surface area (Å²) < 4.78 is 10.0. The summed E-state index contributed by atoms with van der Waals surface area (Å²) in [4.78, 5) is 11.1. The van der Waals surface area contributed by atoms with Crippen LogP contribution in [0.15, 0.2) is 12.7 Å². The lowest BCUT2D eigenvalue weighted by Crippen LogP contribution is -2.23. The zero-order valence-corrected chi connectivity index (χ0v) is 8.41. The molecule has 0 amide bonds. The zero-order valence-electron chi connectivity index (χ0n) is 8.41. The van der Waals surface area contributed by atoms with E-state index >= 15 is 0 Å². The largest absolute Gasteiger partial charge is 0.460 e. The van der Waals surface area contributed by atoms with Gasteiger partial charge in [0.15, 0.2) is 6.10 Å². The number of hydrogen-bond donors (Lipinski definition) is 0. The summed E-state index contributed by atoms with van der Waals surface area (Å²) in [5.41, 5.74) is 0. The van der Waals surface area contributed by atoms with Gasteiger partial charge < -0.3 is 9.47 Å². The van der Waals surface area contributed by atoms with Gasteiger partial charge in [-0.25, -0.2) is 4.79 Å². The zero-order chi connectivity index (χ0) is 10.1. The van der Waals surface area contributed by atoms with Gasteiger partial charge in [0.2, 0.25) is 0 Å². The summed E-state index contributed by atoms with van der Waals surface area (Å²) in [6, 6.07) is 0. The van der Waals surface area contributed by atoms with Crippen molar-refractivity contribution in [1.29, 1.82) is 0 Å². The van der Waals surface area contributed by atoms with Crippen LogP contribution >= 0.6 is 0 Å². The maximum absolute atomic E-state index is 11.1. The van der Waals surface area contributed by atoms with E-state index in [1.807, 2.05) is 0 Å². The Kier molecular flexibility index (Phi) is 7.30. The molecule has 0 aromatic carbocycles. The summed E-state index contributed by atoms with van der Waals surface area (Å²) in [7, 11) is 0. The standard InChI is InChI=1S/C10H18O3/c1-4-6-8-12-9(3)10(11)13-7-5-2/h5,9H,2,4,6-8H2,1,3H3. The van der Waals surface area contributed by atoms with Crippen LogP contribution in [-0.2, 0) is 14.3 Å². The molecule has 0 aliphatic heterocycles. The summed E-state index contributed by atoms with van der Waals surface area (Å²) in [6.07, 6.45) is 3.11. The van der Waals surface area contributed by atoms with E-state index in [1.54, 1.807) is 6.92 Å². The van der Waals surface area contributed by atoms with E-state index in [0.29, 0.717) is 6.61 Å². The predicted molar refractivity (Wildman–Crippen MR) is 51.5 cm³/mol. The van der Waals surface area contributed by atoms with E-state index < -0.39 is 6.10 Å². The van der Waals surface area contributed by atoms with E-state index in [9.17, 15) is 4.79 Å². The molecule has 0 N–H and O–H groups in total. The summed E-state index contributed by atoms with van der Waals surface area (Å²) in [5.74, 6) is -0.323. The minimum Gasteiger partial charge on any atom is -0.460 e. The van der Waals surface area contributed by atoms with Crippen LogP contribution in [0.2, 0.25) is 0 Å². The first-order valence-electron chi connectivity index (χ1n) is 4.61. The van der Waals surface area contributed by atoms with E-state index in [0.717, 1.165) is 12.8 Å². The van der Waals surface area contributed by atoms with Crippen molar-refractivity contribution in [2.75, 3.05) is 13.2 Å². The van der Waals surface area contributed by atoms with Gasteiger partial charge >= 0.3 is 5.97 Å². The van der Waals surface area contributed by atoms with Gasteiger partial charge in [0.25, 0.3) is 0 Å². The maximum Gasteiger partial charge on any atom is 0.335 e. The quantitative estimate of drug-likeness (QED) is 0.346. The van der Waals surface area contributed by atoms with E-state index in [4.69, 9.17) is 9.47 Å². The molecule has 0 fully saturated rings. The van der Waals surface area contributed by atoms with Crippen molar-refractivity contribution in [3.63, 3.8) is 0 Å². The molecule has 0 aromatic rings. The third kappa shape index (κ3) is 6.34. The monoisotopic (exact) mass is 186 g/mol. The molecule has 0 aliphatic rings. The number of carbonyl (C=O) groups excluding carboxylic acids is 1. The molecule has 0 bridgehead atoms. The van der Waals surface area contributed by atoms with Gasteiger partial charge in [0.1, 0.15) is 6.61 Å². The Hall–Kier alpha value is -0.830. The molecule has 0 rings (SSSR count). The number of rotatable bonds is 7. The molecule has 0 aromatic heterocycles. The van der Waals surface area contributed by atoms with Crippen LogP contribution in [0, 0.1) is 0 Å². The topological polar surface area (TPSA) is 35.5 Å². The van der Waals surface area contributed by atoms with Crippen molar-refractivity contribution in [3.05, 3.63) is 12.7 Å². The van der Waals surface area contributed by atoms with Crippen molar-refractivity contribution in [2.45, 2.75) is 32.8 Å². The Balaban J connectivity index is 3.50. The second-order valence-corrected chi connectivity index (χ2v) is 2.79. The van der Waals surface area contributed by atoms with E-state index in [-0.39, 0.29) is 12.6 Å². The Morgan fingerprint density at radius 2 is 2.31 bits per heavy atom. The third-order valence-electron chi connectivity index (χ3n) is 1.54. The fraction of sp³-hybridized carbons (Fsp3) is 0.700. The number of hydrogen-bond acceptors (Lipinski definition) is 3. The molecule has 0 saturated heterocycles. The highest BCUT2D eigenvalue weighted by molar-refractivity contribution is 5.74. The van der Waals surface area contributed by atoms with Crippen LogP contribution < -0.4 is 0 Å². The third-order valence-corrected chi connectivity index (χ3v) is 1.54. The van der Waals surface area contributed by atoms with Crippen LogP contribution in [0.3, 0.4) is 0 Å². The van der Waals surface area contributed by atoms with Crippen LogP contribution in [0.25, 0.3) is 0 Å². The lowest BCUT2D eigenvalue weighted by molar-refractivity contribution is -0.154. The lowest BCUT2D eigenvalue weighted by Gasteiger charge is -2.10. The van der Waals surface area contributed by atoms with Gasteiger partial charge in [-0.2, -0.15) is 0 Å². The molecule has 3 nitrogen and oxygen atoms in total. The first-order valence-corrected chi connectivity index (χ1v) is 4.61. The molecule has 0 spiro atoms. The number of esters is 1. The Bertz CT molecular complexity index is 154. The van der Waals surface area contributed by atoms with Gasteiger partial charge in [-0.3, -0.25) is 0 Å². The van der Waals surface area contributed by atoms with Crippen LogP contribution in [-0.4, -0.2) is 25.3 Å². The van der Waals surface area contributed by atoms with E-state index in [1.165, 1.54) is 6.08 Å². The number of unbranched alkanes of at least 4 members (excludes halogenated alkanes) is 1. The first kappa shape index (κ1) is 12.2. The SMILES string of the molecule is C=CCOC(=O)C(C)OCCCC. The van der Waals surface area contributed by atoms with Crippen LogP contribution in [0.5, 0.6) is 0 Å². The normalized spacial score (nSPS) is 12.2. The molecule has 1 atom stereocenters. The smallest absolute Gasteiger partial charge is 0.335 e. The fourth-order valence-electron chi connectivity index (χ4n) is 0.731. The van der Waals surface area contributed by atoms with Crippen molar-refractivity contribution in [3.8, 4) is 0 Å². The molecule has 3 heteroatoms.